The standard InChI is InChI=1S/C33H38N4O5Si/c1-22-33(35-29(41-22)23-17-19-24(39-6)20-18-23)27(36-37-34)28-32(42-28,31(33,5)38)21-40-43(30(2,3)4,25-13-9-7-10-14-25)26-15-11-8-12-16-26/h7-20,22,27-28,38H,21H2,1-6H3/t22-,27-,28-,31-,32-,33+/m0/s1. The van der Waals surface area contributed by atoms with E-state index in [0.29, 0.717) is 11.6 Å². The zero-order valence-electron chi connectivity index (χ0n) is 25.4. The molecule has 2 heterocycles. The summed E-state index contributed by atoms with van der Waals surface area (Å²) < 4.78 is 25.2. The minimum Gasteiger partial charge on any atom is -0.497 e. The summed E-state index contributed by atoms with van der Waals surface area (Å²) in [6, 6.07) is 27.2. The number of hydrogen-bond donors (Lipinski definition) is 1. The van der Waals surface area contributed by atoms with Crippen molar-refractivity contribution >= 4 is 24.6 Å². The lowest BCUT2D eigenvalue weighted by molar-refractivity contribution is -0.116. The first-order chi connectivity index (χ1) is 20.5. The summed E-state index contributed by atoms with van der Waals surface area (Å²) in [7, 11) is -1.35. The molecule has 3 aromatic rings. The zero-order chi connectivity index (χ0) is 30.7. The predicted molar refractivity (Wildman–Crippen MR) is 168 cm³/mol. The highest BCUT2D eigenvalue weighted by atomic mass is 28.4. The fourth-order valence-corrected chi connectivity index (χ4v) is 12.0. The molecule has 0 unspecified atom stereocenters. The third kappa shape index (κ3) is 4.08. The van der Waals surface area contributed by atoms with Crippen LogP contribution in [0.3, 0.4) is 0 Å². The topological polar surface area (TPSA) is 122 Å². The minimum absolute atomic E-state index is 0.0945. The molecule has 3 aromatic carbocycles. The molecule has 9 nitrogen and oxygen atoms in total. The Kier molecular flexibility index (Phi) is 6.99. The number of benzene rings is 3. The highest BCUT2D eigenvalue weighted by Gasteiger charge is 2.87. The molecule has 1 aliphatic carbocycles. The van der Waals surface area contributed by atoms with Gasteiger partial charge in [-0.15, -0.1) is 0 Å². The third-order valence-electron chi connectivity index (χ3n) is 9.71. The average molecular weight is 599 g/mol. The first-order valence-corrected chi connectivity index (χ1v) is 16.5. The molecule has 2 aliphatic heterocycles. The van der Waals surface area contributed by atoms with Crippen LogP contribution in [-0.4, -0.2) is 68.0 Å². The van der Waals surface area contributed by atoms with Crippen molar-refractivity contribution in [1.29, 1.82) is 0 Å². The Hall–Kier alpha value is -3.66. The molecule has 1 saturated carbocycles. The molecule has 0 bridgehead atoms. The number of rotatable bonds is 8. The molecule has 1 N–H and O–H groups in total. The monoisotopic (exact) mass is 598 g/mol. The number of fused-ring (bicyclic) bond motifs is 1. The van der Waals surface area contributed by atoms with Crippen molar-refractivity contribution in [2.75, 3.05) is 13.7 Å². The number of methoxy groups -OCH3 is 1. The molecular weight excluding hydrogens is 560 g/mol. The van der Waals surface area contributed by atoms with Crippen LogP contribution in [0.2, 0.25) is 5.04 Å². The summed E-state index contributed by atoms with van der Waals surface area (Å²) in [6.07, 6.45) is -1.20. The maximum absolute atomic E-state index is 12.6. The van der Waals surface area contributed by atoms with Crippen molar-refractivity contribution in [3.05, 3.63) is 101 Å². The number of azide groups is 1. The Balaban J connectivity index is 1.43. The van der Waals surface area contributed by atoms with Gasteiger partial charge in [0.15, 0.2) is 0 Å². The van der Waals surface area contributed by atoms with E-state index in [1.807, 2.05) is 67.6 Å². The lowest BCUT2D eigenvalue weighted by Gasteiger charge is -2.46. The summed E-state index contributed by atoms with van der Waals surface area (Å²) in [6.45, 7) is 10.3. The summed E-state index contributed by atoms with van der Waals surface area (Å²) in [4.78, 5) is 8.20. The second-order valence-electron chi connectivity index (χ2n) is 12.8. The van der Waals surface area contributed by atoms with Gasteiger partial charge < -0.3 is 23.7 Å². The van der Waals surface area contributed by atoms with Crippen molar-refractivity contribution < 1.29 is 23.7 Å². The Morgan fingerprint density at radius 2 is 1.58 bits per heavy atom. The number of hydrogen-bond acceptors (Lipinski definition) is 7. The van der Waals surface area contributed by atoms with Gasteiger partial charge in [-0.25, -0.2) is 4.99 Å². The molecule has 2 fully saturated rings. The summed E-state index contributed by atoms with van der Waals surface area (Å²) in [5.41, 5.74) is 6.34. The largest absolute Gasteiger partial charge is 0.497 e. The Labute approximate surface area is 253 Å². The Morgan fingerprint density at radius 1 is 1.00 bits per heavy atom. The molecule has 6 rings (SSSR count). The van der Waals surface area contributed by atoms with Gasteiger partial charge in [0.2, 0.25) is 5.90 Å². The molecule has 10 heteroatoms. The van der Waals surface area contributed by atoms with Crippen LogP contribution in [0.5, 0.6) is 5.75 Å². The van der Waals surface area contributed by atoms with E-state index < -0.39 is 43.3 Å². The molecule has 6 atom stereocenters. The summed E-state index contributed by atoms with van der Waals surface area (Å²) >= 11 is 0. The third-order valence-corrected chi connectivity index (χ3v) is 14.7. The maximum Gasteiger partial charge on any atom is 0.261 e. The maximum atomic E-state index is 12.6. The zero-order valence-corrected chi connectivity index (χ0v) is 26.4. The van der Waals surface area contributed by atoms with Crippen LogP contribution in [0, 0.1) is 0 Å². The molecule has 1 spiro atoms. The minimum atomic E-state index is -2.96. The lowest BCUT2D eigenvalue weighted by atomic mass is 9.74. The average Bonchev–Trinajstić information content (AvgIpc) is 3.60. The normalized spacial score (nSPS) is 31.1. The molecule has 3 aliphatic rings. The summed E-state index contributed by atoms with van der Waals surface area (Å²) in [5.74, 6) is 1.08. The number of nitrogens with zero attached hydrogens (tertiary/aromatic N) is 4. The van der Waals surface area contributed by atoms with Gasteiger partial charge >= 0.3 is 0 Å². The van der Waals surface area contributed by atoms with Gasteiger partial charge in [0.05, 0.1) is 19.8 Å². The fraction of sp³-hybridized carbons (Fsp3) is 0.424. The van der Waals surface area contributed by atoms with Crippen LogP contribution in [0.4, 0.5) is 0 Å². The van der Waals surface area contributed by atoms with Crippen molar-refractivity contribution in [2.24, 2.45) is 10.1 Å². The smallest absolute Gasteiger partial charge is 0.261 e. The van der Waals surface area contributed by atoms with Crippen molar-refractivity contribution in [1.82, 2.24) is 0 Å². The van der Waals surface area contributed by atoms with Crippen LogP contribution in [0.1, 0.15) is 40.2 Å². The van der Waals surface area contributed by atoms with Crippen LogP contribution < -0.4 is 15.1 Å². The van der Waals surface area contributed by atoms with E-state index in [4.69, 9.17) is 23.6 Å². The highest BCUT2D eigenvalue weighted by molar-refractivity contribution is 6.99. The van der Waals surface area contributed by atoms with Gasteiger partial charge in [-0.05, 0) is 59.1 Å². The quantitative estimate of drug-likeness (QED) is 0.132. The first kappa shape index (κ1) is 29.4. The molecule has 0 radical (unpaired) electrons. The molecule has 1 saturated heterocycles. The van der Waals surface area contributed by atoms with E-state index in [0.717, 1.165) is 15.9 Å². The van der Waals surface area contributed by atoms with Gasteiger partial charge in [-0.1, -0.05) is 86.5 Å². The van der Waals surface area contributed by atoms with Crippen LogP contribution in [0.15, 0.2) is 95.0 Å². The number of epoxide rings is 1. The SMILES string of the molecule is COc1ccc(C2=N[C@]3([C@H](C)O2)[C@@H](N=[N+]=[N-])[C@@H]2O[C@]2(CO[Si](c2ccccc2)(c2ccccc2)C(C)(C)C)[C@]3(C)O)cc1. The van der Waals surface area contributed by atoms with Gasteiger partial charge in [-0.3, -0.25) is 0 Å². The van der Waals surface area contributed by atoms with Crippen LogP contribution in [-0.2, 0) is 13.9 Å². The Morgan fingerprint density at radius 3 is 2.09 bits per heavy atom. The fourth-order valence-electron chi connectivity index (χ4n) is 7.42. The van der Waals surface area contributed by atoms with Gasteiger partial charge in [0, 0.05) is 10.5 Å². The molecule has 43 heavy (non-hydrogen) atoms. The van der Waals surface area contributed by atoms with Crippen molar-refractivity contribution in [3.8, 4) is 5.75 Å². The van der Waals surface area contributed by atoms with E-state index in [1.165, 1.54) is 0 Å². The van der Waals surface area contributed by atoms with Crippen LogP contribution in [0.25, 0.3) is 10.4 Å². The molecular formula is C33H38N4O5Si. The second-order valence-corrected chi connectivity index (χ2v) is 17.1. The van der Waals surface area contributed by atoms with Gasteiger partial charge in [0.25, 0.3) is 8.32 Å². The van der Waals surface area contributed by atoms with Gasteiger partial charge in [0.1, 0.15) is 34.7 Å². The van der Waals surface area contributed by atoms with Crippen molar-refractivity contribution in [3.63, 3.8) is 0 Å². The second kappa shape index (κ2) is 10.2. The summed E-state index contributed by atoms with van der Waals surface area (Å²) in [5, 5.41) is 18.7. The molecule has 0 amide bonds. The molecule has 224 valence electrons. The van der Waals surface area contributed by atoms with Gasteiger partial charge in [-0.2, -0.15) is 0 Å². The van der Waals surface area contributed by atoms with E-state index in [9.17, 15) is 10.6 Å². The van der Waals surface area contributed by atoms with E-state index >= 15 is 0 Å². The number of ether oxygens (including phenoxy) is 3. The van der Waals surface area contributed by atoms with E-state index in [1.54, 1.807) is 14.0 Å². The lowest BCUT2D eigenvalue weighted by Crippen LogP contribution is -2.69. The van der Waals surface area contributed by atoms with E-state index in [-0.39, 0.29) is 11.6 Å². The number of aliphatic hydroxyl groups is 1. The van der Waals surface area contributed by atoms with Crippen LogP contribution >= 0.6 is 0 Å². The van der Waals surface area contributed by atoms with Crippen molar-refractivity contribution in [2.45, 2.75) is 74.6 Å². The Bertz CT molecular complexity index is 1530. The molecule has 0 aromatic heterocycles. The predicted octanol–water partition coefficient (Wildman–Crippen LogP) is 4.76. The first-order valence-electron chi connectivity index (χ1n) is 14.6. The highest BCUT2D eigenvalue weighted by Crippen LogP contribution is 2.65. The van der Waals surface area contributed by atoms with E-state index in [2.05, 4.69) is 55.1 Å². The number of aliphatic imine (C=N–C) groups is 1.